The lowest BCUT2D eigenvalue weighted by atomic mass is 9.89. The van der Waals surface area contributed by atoms with Gasteiger partial charge in [-0.25, -0.2) is 9.18 Å². The molecule has 34 heavy (non-hydrogen) atoms. The number of nitrogens with zero attached hydrogens (tertiary/aromatic N) is 2. The highest BCUT2D eigenvalue weighted by Crippen LogP contribution is 2.45. The Kier molecular flexibility index (Phi) is 5.93. The van der Waals surface area contributed by atoms with Gasteiger partial charge in [-0.15, -0.1) is 0 Å². The van der Waals surface area contributed by atoms with Crippen LogP contribution in [-0.4, -0.2) is 69.2 Å². The zero-order chi connectivity index (χ0) is 24.0. The molecule has 2 aliphatic rings. The van der Waals surface area contributed by atoms with Crippen molar-refractivity contribution in [2.45, 2.75) is 24.9 Å². The Morgan fingerprint density at radius 1 is 1.21 bits per heavy atom. The number of aliphatic hydroxyl groups excluding tert-OH is 1. The third kappa shape index (κ3) is 3.70. The van der Waals surface area contributed by atoms with E-state index in [1.165, 1.54) is 17.0 Å². The summed E-state index contributed by atoms with van der Waals surface area (Å²) in [5.74, 6) is -0.808. The van der Waals surface area contributed by atoms with Crippen LogP contribution in [0.2, 0.25) is 5.02 Å². The van der Waals surface area contributed by atoms with Gasteiger partial charge in [0.15, 0.2) is 0 Å². The highest BCUT2D eigenvalue weighted by molar-refractivity contribution is 6.31. The van der Waals surface area contributed by atoms with Gasteiger partial charge < -0.3 is 20.5 Å². The number of carbonyl (C=O) groups excluding carboxylic acids is 2. The molecule has 178 valence electrons. The van der Waals surface area contributed by atoms with Crippen molar-refractivity contribution in [3.63, 3.8) is 0 Å². The maximum absolute atomic E-state index is 14.2. The van der Waals surface area contributed by atoms with Gasteiger partial charge in [-0.2, -0.15) is 0 Å². The van der Waals surface area contributed by atoms with E-state index in [4.69, 9.17) is 16.7 Å². The Bertz CT molecular complexity index is 1280. The number of aromatic amines is 1. The molecule has 5 rings (SSSR count). The van der Waals surface area contributed by atoms with Crippen molar-refractivity contribution in [3.05, 3.63) is 64.1 Å². The zero-order valence-electron chi connectivity index (χ0n) is 18.2. The van der Waals surface area contributed by atoms with Gasteiger partial charge in [0.05, 0.1) is 11.6 Å². The number of amides is 3. The molecule has 1 saturated heterocycles. The Morgan fingerprint density at radius 3 is 2.79 bits per heavy atom. The SMILES string of the molecule is O=C1[C@@H]2Cc3c([nH]c4cc(F)c(Cl)cc34)C(c3cccc(O)c3)N2C(=O)N1CCCNCCO. The number of hydrogen-bond acceptors (Lipinski definition) is 5. The first-order valence-electron chi connectivity index (χ1n) is 11.1. The summed E-state index contributed by atoms with van der Waals surface area (Å²) in [6.07, 6.45) is 0.828. The number of aromatic nitrogens is 1. The molecule has 0 bridgehead atoms. The van der Waals surface area contributed by atoms with Gasteiger partial charge in [-0.1, -0.05) is 23.7 Å². The molecule has 1 fully saturated rings. The van der Waals surface area contributed by atoms with E-state index >= 15 is 0 Å². The van der Waals surface area contributed by atoms with Crippen LogP contribution >= 0.6 is 11.6 Å². The summed E-state index contributed by atoms with van der Waals surface area (Å²) in [5, 5.41) is 22.7. The molecular formula is C24H24ClFN4O4. The van der Waals surface area contributed by atoms with Gasteiger partial charge in [0, 0.05) is 36.1 Å². The van der Waals surface area contributed by atoms with Gasteiger partial charge in [0.25, 0.3) is 5.91 Å². The Morgan fingerprint density at radius 2 is 2.03 bits per heavy atom. The van der Waals surface area contributed by atoms with Crippen molar-refractivity contribution in [1.29, 1.82) is 0 Å². The van der Waals surface area contributed by atoms with Crippen LogP contribution in [0, 0.1) is 5.82 Å². The molecule has 10 heteroatoms. The number of imide groups is 1. The molecule has 1 aromatic heterocycles. The maximum atomic E-state index is 14.2. The number of benzene rings is 2. The van der Waals surface area contributed by atoms with Crippen LogP contribution in [0.3, 0.4) is 0 Å². The predicted molar refractivity (Wildman–Crippen MR) is 124 cm³/mol. The molecule has 2 atom stereocenters. The molecule has 3 heterocycles. The molecule has 3 amide bonds. The van der Waals surface area contributed by atoms with Crippen molar-refractivity contribution < 1.29 is 24.2 Å². The minimum Gasteiger partial charge on any atom is -0.508 e. The van der Waals surface area contributed by atoms with Gasteiger partial charge in [-0.3, -0.25) is 14.6 Å². The summed E-state index contributed by atoms with van der Waals surface area (Å²) < 4.78 is 14.2. The normalized spacial score (nSPS) is 19.7. The number of H-pyrrole nitrogens is 1. The Hall–Kier alpha value is -3.14. The van der Waals surface area contributed by atoms with Crippen molar-refractivity contribution in [2.75, 3.05) is 26.2 Å². The lowest BCUT2D eigenvalue weighted by molar-refractivity contribution is -0.128. The van der Waals surface area contributed by atoms with Crippen LogP contribution in [0.15, 0.2) is 36.4 Å². The average molecular weight is 487 g/mol. The quantitative estimate of drug-likeness (QED) is 0.303. The molecule has 0 spiro atoms. The monoisotopic (exact) mass is 486 g/mol. The van der Waals surface area contributed by atoms with E-state index in [1.54, 1.807) is 29.2 Å². The molecule has 0 saturated carbocycles. The fourth-order valence-corrected chi connectivity index (χ4v) is 5.15. The van der Waals surface area contributed by atoms with Gasteiger partial charge in [-0.05, 0) is 48.4 Å². The van der Waals surface area contributed by atoms with E-state index < -0.39 is 23.9 Å². The summed E-state index contributed by atoms with van der Waals surface area (Å²) in [5.41, 5.74) is 2.65. The summed E-state index contributed by atoms with van der Waals surface area (Å²) in [6.45, 7) is 1.28. The van der Waals surface area contributed by atoms with E-state index in [0.717, 1.165) is 5.56 Å². The highest BCUT2D eigenvalue weighted by Gasteiger charge is 2.52. The minimum atomic E-state index is -0.722. The van der Waals surface area contributed by atoms with E-state index in [2.05, 4.69) is 10.3 Å². The average Bonchev–Trinajstić information content (AvgIpc) is 3.27. The molecule has 0 aliphatic carbocycles. The Labute approximate surface area is 199 Å². The number of phenols is 1. The number of nitrogens with one attached hydrogen (secondary N) is 2. The number of phenolic OH excluding ortho intramolecular Hbond substituents is 1. The number of aromatic hydroxyl groups is 1. The third-order valence-electron chi connectivity index (χ3n) is 6.48. The van der Waals surface area contributed by atoms with Crippen molar-refractivity contribution in [1.82, 2.24) is 20.1 Å². The molecule has 8 nitrogen and oxygen atoms in total. The first-order valence-corrected chi connectivity index (χ1v) is 11.5. The predicted octanol–water partition coefficient (Wildman–Crippen LogP) is 2.92. The number of fused-ring (bicyclic) bond motifs is 4. The highest BCUT2D eigenvalue weighted by atomic mass is 35.5. The number of aliphatic hydroxyl groups is 1. The lowest BCUT2D eigenvalue weighted by Crippen LogP contribution is -2.44. The summed E-state index contributed by atoms with van der Waals surface area (Å²) in [4.78, 5) is 32.9. The maximum Gasteiger partial charge on any atom is 0.328 e. The number of carbonyl (C=O) groups is 2. The van der Waals surface area contributed by atoms with Gasteiger partial charge >= 0.3 is 6.03 Å². The molecule has 0 radical (unpaired) electrons. The molecule has 1 unspecified atom stereocenters. The van der Waals surface area contributed by atoms with Gasteiger partial charge in [0.2, 0.25) is 0 Å². The topological polar surface area (TPSA) is 109 Å². The molecular weight excluding hydrogens is 463 g/mol. The first kappa shape index (κ1) is 22.6. The van der Waals surface area contributed by atoms with E-state index in [9.17, 15) is 19.1 Å². The van der Waals surface area contributed by atoms with E-state index in [-0.39, 0.29) is 36.3 Å². The minimum absolute atomic E-state index is 0.0165. The van der Waals surface area contributed by atoms with Crippen molar-refractivity contribution in [3.8, 4) is 5.75 Å². The standard InChI is InChI=1S/C24H24ClFN4O4/c25-17-10-15-16-11-20-23(33)29(7-2-5-27-6-8-31)24(34)30(20)22(13-3-1-4-14(32)9-13)21(16)28-19(15)12-18(17)26/h1,3-4,9-10,12,20,22,27-28,31-32H,2,5-8,11H2/t20-,22?/m0/s1. The number of halogens is 2. The van der Waals surface area contributed by atoms with Crippen LogP contribution in [0.4, 0.5) is 9.18 Å². The molecule has 2 aromatic carbocycles. The summed E-state index contributed by atoms with van der Waals surface area (Å²) >= 11 is 6.06. The van der Waals surface area contributed by atoms with Crippen LogP contribution in [0.25, 0.3) is 10.9 Å². The third-order valence-corrected chi connectivity index (χ3v) is 6.77. The van der Waals surface area contributed by atoms with E-state index in [0.29, 0.717) is 41.7 Å². The van der Waals surface area contributed by atoms with Crippen molar-refractivity contribution in [2.24, 2.45) is 0 Å². The fourth-order valence-electron chi connectivity index (χ4n) is 4.99. The second kappa shape index (κ2) is 8.90. The lowest BCUT2D eigenvalue weighted by Gasteiger charge is -2.36. The smallest absolute Gasteiger partial charge is 0.328 e. The fraction of sp³-hybridized carbons (Fsp3) is 0.333. The molecule has 4 N–H and O–H groups in total. The summed E-state index contributed by atoms with van der Waals surface area (Å²) in [7, 11) is 0. The first-order chi connectivity index (χ1) is 16.4. The summed E-state index contributed by atoms with van der Waals surface area (Å²) in [6, 6.07) is 7.64. The van der Waals surface area contributed by atoms with Crippen LogP contribution in [-0.2, 0) is 11.2 Å². The van der Waals surface area contributed by atoms with Crippen LogP contribution < -0.4 is 5.32 Å². The second-order valence-electron chi connectivity index (χ2n) is 8.55. The van der Waals surface area contributed by atoms with E-state index in [1.807, 2.05) is 0 Å². The largest absolute Gasteiger partial charge is 0.508 e. The molecule has 2 aliphatic heterocycles. The van der Waals surface area contributed by atoms with Gasteiger partial charge in [0.1, 0.15) is 23.7 Å². The zero-order valence-corrected chi connectivity index (χ0v) is 19.0. The van der Waals surface area contributed by atoms with Crippen LogP contribution in [0.5, 0.6) is 5.75 Å². The number of hydrogen-bond donors (Lipinski definition) is 4. The number of rotatable bonds is 7. The molecule has 3 aromatic rings. The second-order valence-corrected chi connectivity index (χ2v) is 8.96. The Balaban J connectivity index is 1.57. The number of urea groups is 1. The van der Waals surface area contributed by atoms with Crippen LogP contribution in [0.1, 0.15) is 29.3 Å². The van der Waals surface area contributed by atoms with Crippen molar-refractivity contribution >= 4 is 34.4 Å².